The van der Waals surface area contributed by atoms with Crippen molar-refractivity contribution in [1.29, 1.82) is 0 Å². The Bertz CT molecular complexity index is 657. The van der Waals surface area contributed by atoms with Crippen LogP contribution in [0.4, 0.5) is 26.2 Å². The summed E-state index contributed by atoms with van der Waals surface area (Å²) in [5, 5.41) is 8.57. The van der Waals surface area contributed by atoms with Gasteiger partial charge in [-0.2, -0.15) is 0 Å². The van der Waals surface area contributed by atoms with Crippen LogP contribution in [-0.2, 0) is 6.42 Å². The van der Waals surface area contributed by atoms with E-state index in [0.29, 0.717) is 11.4 Å². The molecule has 0 unspecified atom stereocenters. The number of benzene rings is 2. The molecule has 0 saturated carbocycles. The molecule has 1 aliphatic heterocycles. The number of carbonyl (C=O) groups is 1. The molecule has 102 valence electrons. The van der Waals surface area contributed by atoms with Crippen LogP contribution in [0.1, 0.15) is 5.56 Å². The molecule has 0 spiro atoms. The van der Waals surface area contributed by atoms with Crippen molar-refractivity contribution in [2.75, 3.05) is 22.5 Å². The maximum Gasteiger partial charge on any atom is 0.323 e. The zero-order valence-electron chi connectivity index (χ0n) is 10.7. The number of fused-ring (bicyclic) bond motifs is 1. The summed E-state index contributed by atoms with van der Waals surface area (Å²) < 4.78 is 13.0. The zero-order chi connectivity index (χ0) is 13.9. The Balaban J connectivity index is 1.67. The van der Waals surface area contributed by atoms with Crippen molar-refractivity contribution >= 4 is 23.1 Å². The van der Waals surface area contributed by atoms with Crippen molar-refractivity contribution < 1.29 is 9.18 Å². The highest BCUT2D eigenvalue weighted by molar-refractivity contribution is 6.00. The molecule has 20 heavy (non-hydrogen) atoms. The van der Waals surface area contributed by atoms with Crippen LogP contribution in [0.2, 0.25) is 0 Å². The standard InChI is InChI=1S/C15H14FN3O/c16-11-2-1-3-12(8-11)18-15(20)19-13-5-4-10-6-7-17-14(10)9-13/h1-5,8-9,17H,6-7H2,(H2,18,19,20). The number of rotatable bonds is 2. The third-order valence-electron chi connectivity index (χ3n) is 3.16. The highest BCUT2D eigenvalue weighted by Gasteiger charge is 2.11. The van der Waals surface area contributed by atoms with E-state index >= 15 is 0 Å². The summed E-state index contributed by atoms with van der Waals surface area (Å²) in [7, 11) is 0. The molecule has 2 amide bonds. The fraction of sp³-hybridized carbons (Fsp3) is 0.133. The van der Waals surface area contributed by atoms with Crippen LogP contribution < -0.4 is 16.0 Å². The molecule has 3 rings (SSSR count). The van der Waals surface area contributed by atoms with Gasteiger partial charge in [-0.25, -0.2) is 9.18 Å². The van der Waals surface area contributed by atoms with Crippen LogP contribution in [0.15, 0.2) is 42.5 Å². The number of amides is 2. The normalized spacial score (nSPS) is 12.4. The lowest BCUT2D eigenvalue weighted by molar-refractivity contribution is 0.262. The second-order valence-electron chi connectivity index (χ2n) is 4.64. The number of halogens is 1. The Morgan fingerprint density at radius 1 is 1.10 bits per heavy atom. The summed E-state index contributed by atoms with van der Waals surface area (Å²) in [6, 6.07) is 11.1. The molecule has 2 aromatic carbocycles. The maximum atomic E-state index is 13.0. The predicted molar refractivity (Wildman–Crippen MR) is 77.7 cm³/mol. The van der Waals surface area contributed by atoms with E-state index in [4.69, 9.17) is 0 Å². The van der Waals surface area contributed by atoms with Gasteiger partial charge in [0.25, 0.3) is 0 Å². The van der Waals surface area contributed by atoms with Gasteiger partial charge in [-0.1, -0.05) is 12.1 Å². The van der Waals surface area contributed by atoms with E-state index in [1.807, 2.05) is 18.2 Å². The molecule has 0 fully saturated rings. The number of hydrogen-bond acceptors (Lipinski definition) is 2. The Morgan fingerprint density at radius 2 is 1.90 bits per heavy atom. The molecule has 0 atom stereocenters. The molecule has 0 saturated heterocycles. The monoisotopic (exact) mass is 271 g/mol. The van der Waals surface area contributed by atoms with Crippen LogP contribution in [0.25, 0.3) is 0 Å². The summed E-state index contributed by atoms with van der Waals surface area (Å²) >= 11 is 0. The summed E-state index contributed by atoms with van der Waals surface area (Å²) in [5.41, 5.74) is 3.42. The van der Waals surface area contributed by atoms with E-state index in [1.54, 1.807) is 12.1 Å². The van der Waals surface area contributed by atoms with Crippen LogP contribution in [0.5, 0.6) is 0 Å². The topological polar surface area (TPSA) is 53.2 Å². The maximum absolute atomic E-state index is 13.0. The molecule has 0 aromatic heterocycles. The lowest BCUT2D eigenvalue weighted by Crippen LogP contribution is -2.19. The molecule has 2 aromatic rings. The van der Waals surface area contributed by atoms with Crippen molar-refractivity contribution in [2.45, 2.75) is 6.42 Å². The van der Waals surface area contributed by atoms with Gasteiger partial charge in [-0.3, -0.25) is 0 Å². The minimum absolute atomic E-state index is 0.385. The SMILES string of the molecule is O=C(Nc1cccc(F)c1)Nc1ccc2c(c1)NCC2. The highest BCUT2D eigenvalue weighted by Crippen LogP contribution is 2.25. The smallest absolute Gasteiger partial charge is 0.323 e. The quantitative estimate of drug-likeness (QED) is 0.783. The minimum Gasteiger partial charge on any atom is -0.384 e. The largest absolute Gasteiger partial charge is 0.384 e. The average Bonchev–Trinajstić information content (AvgIpc) is 2.86. The number of nitrogens with one attached hydrogen (secondary N) is 3. The van der Waals surface area contributed by atoms with Crippen molar-refractivity contribution in [3.8, 4) is 0 Å². The molecule has 0 aliphatic carbocycles. The van der Waals surface area contributed by atoms with Gasteiger partial charge < -0.3 is 16.0 Å². The number of anilines is 3. The van der Waals surface area contributed by atoms with Gasteiger partial charge in [-0.15, -0.1) is 0 Å². The first-order valence-corrected chi connectivity index (χ1v) is 6.41. The Kier molecular flexibility index (Phi) is 3.25. The van der Waals surface area contributed by atoms with E-state index in [-0.39, 0.29) is 5.82 Å². The van der Waals surface area contributed by atoms with Gasteiger partial charge in [-0.05, 0) is 42.3 Å². The molecule has 5 heteroatoms. The number of carbonyl (C=O) groups excluding carboxylic acids is 1. The lowest BCUT2D eigenvalue weighted by atomic mass is 10.1. The third-order valence-corrected chi connectivity index (χ3v) is 3.16. The van der Waals surface area contributed by atoms with Gasteiger partial charge in [0.15, 0.2) is 0 Å². The molecule has 1 aliphatic rings. The van der Waals surface area contributed by atoms with Crippen LogP contribution >= 0.6 is 0 Å². The van der Waals surface area contributed by atoms with Crippen molar-refractivity contribution in [3.63, 3.8) is 0 Å². The van der Waals surface area contributed by atoms with E-state index in [9.17, 15) is 9.18 Å². The van der Waals surface area contributed by atoms with Crippen LogP contribution in [0.3, 0.4) is 0 Å². The Hall–Kier alpha value is -2.56. The summed E-state index contributed by atoms with van der Waals surface area (Å²) in [6.07, 6.45) is 1.01. The number of hydrogen-bond donors (Lipinski definition) is 3. The predicted octanol–water partition coefficient (Wildman–Crippen LogP) is 3.44. The van der Waals surface area contributed by atoms with Crippen LogP contribution in [-0.4, -0.2) is 12.6 Å². The zero-order valence-corrected chi connectivity index (χ0v) is 10.7. The molecule has 3 N–H and O–H groups in total. The summed E-state index contributed by atoms with van der Waals surface area (Å²) in [6.45, 7) is 0.925. The van der Waals surface area contributed by atoms with E-state index in [1.165, 1.54) is 17.7 Å². The molecule has 0 radical (unpaired) electrons. The van der Waals surface area contributed by atoms with Crippen molar-refractivity contribution in [2.24, 2.45) is 0 Å². The molecule has 4 nitrogen and oxygen atoms in total. The first-order valence-electron chi connectivity index (χ1n) is 6.41. The average molecular weight is 271 g/mol. The summed E-state index contributed by atoms with van der Waals surface area (Å²) in [5.74, 6) is -0.385. The lowest BCUT2D eigenvalue weighted by Gasteiger charge is -2.09. The Labute approximate surface area is 116 Å². The molecule has 0 bridgehead atoms. The second-order valence-corrected chi connectivity index (χ2v) is 4.64. The Morgan fingerprint density at radius 3 is 2.70 bits per heavy atom. The summed E-state index contributed by atoms with van der Waals surface area (Å²) in [4.78, 5) is 11.8. The van der Waals surface area contributed by atoms with E-state index in [2.05, 4.69) is 16.0 Å². The first kappa shape index (κ1) is 12.5. The van der Waals surface area contributed by atoms with Gasteiger partial charge in [0, 0.05) is 23.6 Å². The van der Waals surface area contributed by atoms with Crippen molar-refractivity contribution in [1.82, 2.24) is 0 Å². The molecule has 1 heterocycles. The van der Waals surface area contributed by atoms with Crippen molar-refractivity contribution in [3.05, 3.63) is 53.8 Å². The van der Waals surface area contributed by atoms with Gasteiger partial charge in [0.05, 0.1) is 0 Å². The van der Waals surface area contributed by atoms with Gasteiger partial charge in [0.1, 0.15) is 5.82 Å². The molecular formula is C15H14FN3O. The number of urea groups is 1. The van der Waals surface area contributed by atoms with Gasteiger partial charge >= 0.3 is 6.03 Å². The highest BCUT2D eigenvalue weighted by atomic mass is 19.1. The first-order chi connectivity index (χ1) is 9.70. The van der Waals surface area contributed by atoms with Crippen LogP contribution in [0, 0.1) is 5.82 Å². The van der Waals surface area contributed by atoms with E-state index < -0.39 is 6.03 Å². The van der Waals surface area contributed by atoms with Gasteiger partial charge in [0.2, 0.25) is 0 Å². The fourth-order valence-electron chi connectivity index (χ4n) is 2.23. The third kappa shape index (κ3) is 2.71. The molecular weight excluding hydrogens is 257 g/mol. The fourth-order valence-corrected chi connectivity index (χ4v) is 2.23. The minimum atomic E-state index is -0.395. The second kappa shape index (κ2) is 5.21. The van der Waals surface area contributed by atoms with E-state index in [0.717, 1.165) is 18.7 Å².